The smallest absolute Gasteiger partial charge is 0.326 e. The molecular formula is C11H19NO3. The molecule has 1 aliphatic heterocycles. The molecule has 0 bridgehead atoms. The minimum atomic E-state index is -0.818. The molecule has 1 heterocycles. The zero-order chi connectivity index (χ0) is 10.7. The lowest BCUT2D eigenvalue weighted by Crippen LogP contribution is -2.56. The molecular weight excluding hydrogens is 194 g/mol. The van der Waals surface area contributed by atoms with Crippen molar-refractivity contribution in [2.75, 3.05) is 19.8 Å². The second-order valence-electron chi connectivity index (χ2n) is 4.72. The Balaban J connectivity index is 2.02. The third-order valence-electron chi connectivity index (χ3n) is 3.55. The van der Waals surface area contributed by atoms with Crippen LogP contribution < -0.4 is 5.32 Å². The predicted molar refractivity (Wildman–Crippen MR) is 55.8 cm³/mol. The van der Waals surface area contributed by atoms with Crippen LogP contribution in [-0.4, -0.2) is 36.4 Å². The van der Waals surface area contributed by atoms with Gasteiger partial charge in [0, 0.05) is 6.61 Å². The zero-order valence-electron chi connectivity index (χ0n) is 9.00. The Kier molecular flexibility index (Phi) is 3.26. The van der Waals surface area contributed by atoms with Gasteiger partial charge in [-0.1, -0.05) is 19.3 Å². The van der Waals surface area contributed by atoms with Crippen LogP contribution in [0.3, 0.4) is 0 Å². The maximum atomic E-state index is 11.4. The highest BCUT2D eigenvalue weighted by molar-refractivity contribution is 5.79. The van der Waals surface area contributed by atoms with E-state index < -0.39 is 11.5 Å². The molecule has 2 N–H and O–H groups in total. The van der Waals surface area contributed by atoms with Crippen molar-refractivity contribution >= 4 is 5.97 Å². The molecule has 4 nitrogen and oxygen atoms in total. The fraction of sp³-hybridized carbons (Fsp3) is 0.909. The van der Waals surface area contributed by atoms with Crippen molar-refractivity contribution in [3.05, 3.63) is 0 Å². The van der Waals surface area contributed by atoms with Crippen molar-refractivity contribution in [3.8, 4) is 0 Å². The van der Waals surface area contributed by atoms with Gasteiger partial charge < -0.3 is 9.84 Å². The summed E-state index contributed by atoms with van der Waals surface area (Å²) in [6.07, 6.45) is 5.23. The molecule has 1 unspecified atom stereocenters. The number of hydrogen-bond acceptors (Lipinski definition) is 3. The second-order valence-corrected chi connectivity index (χ2v) is 4.72. The summed E-state index contributed by atoms with van der Waals surface area (Å²) in [5, 5.41) is 12.5. The number of carboxylic acid groups (broad SMARTS) is 1. The first kappa shape index (κ1) is 10.9. The van der Waals surface area contributed by atoms with Crippen molar-refractivity contribution in [3.63, 3.8) is 0 Å². The number of nitrogens with one attached hydrogen (secondary N) is 1. The minimum Gasteiger partial charge on any atom is -0.480 e. The Morgan fingerprint density at radius 3 is 2.87 bits per heavy atom. The lowest BCUT2D eigenvalue weighted by atomic mass is 9.76. The monoisotopic (exact) mass is 213 g/mol. The Labute approximate surface area is 90.0 Å². The molecule has 1 saturated heterocycles. The topological polar surface area (TPSA) is 58.6 Å². The molecule has 1 aliphatic carbocycles. The first-order chi connectivity index (χ1) is 7.23. The van der Waals surface area contributed by atoms with Crippen LogP contribution in [-0.2, 0) is 9.53 Å². The highest BCUT2D eigenvalue weighted by Crippen LogP contribution is 2.34. The Morgan fingerprint density at radius 1 is 1.47 bits per heavy atom. The molecule has 0 aromatic carbocycles. The summed E-state index contributed by atoms with van der Waals surface area (Å²) in [5.41, 5.74) is -0.818. The summed E-state index contributed by atoms with van der Waals surface area (Å²) in [4.78, 5) is 11.4. The van der Waals surface area contributed by atoms with E-state index in [4.69, 9.17) is 4.74 Å². The van der Waals surface area contributed by atoms with Crippen molar-refractivity contribution < 1.29 is 14.6 Å². The van der Waals surface area contributed by atoms with E-state index in [0.717, 1.165) is 19.4 Å². The molecule has 86 valence electrons. The van der Waals surface area contributed by atoms with Crippen molar-refractivity contribution in [1.29, 1.82) is 0 Å². The minimum absolute atomic E-state index is 0.318. The summed E-state index contributed by atoms with van der Waals surface area (Å²) in [5.74, 6) is -0.174. The number of aliphatic carboxylic acids is 1. The van der Waals surface area contributed by atoms with Crippen LogP contribution in [0.15, 0.2) is 0 Å². The van der Waals surface area contributed by atoms with Crippen LogP contribution in [0.4, 0.5) is 0 Å². The lowest BCUT2D eigenvalue weighted by Gasteiger charge is -2.36. The quantitative estimate of drug-likeness (QED) is 0.734. The molecule has 0 aromatic heterocycles. The maximum Gasteiger partial charge on any atom is 0.326 e. The van der Waals surface area contributed by atoms with E-state index in [9.17, 15) is 9.90 Å². The average molecular weight is 213 g/mol. The third-order valence-corrected chi connectivity index (χ3v) is 3.55. The molecule has 15 heavy (non-hydrogen) atoms. The SMILES string of the molecule is O=C(O)C1(CC2CCC2)COCCCN1. The van der Waals surface area contributed by atoms with E-state index in [1.54, 1.807) is 0 Å². The molecule has 2 fully saturated rings. The normalized spacial score (nSPS) is 33.1. The number of carbonyl (C=O) groups is 1. The van der Waals surface area contributed by atoms with Gasteiger partial charge in [-0.3, -0.25) is 10.1 Å². The summed E-state index contributed by atoms with van der Waals surface area (Å²) >= 11 is 0. The van der Waals surface area contributed by atoms with E-state index in [2.05, 4.69) is 5.32 Å². The largest absolute Gasteiger partial charge is 0.480 e. The number of hydrogen-bond donors (Lipinski definition) is 2. The van der Waals surface area contributed by atoms with E-state index in [0.29, 0.717) is 19.1 Å². The molecule has 0 aromatic rings. The van der Waals surface area contributed by atoms with Gasteiger partial charge in [0.05, 0.1) is 6.61 Å². The average Bonchev–Trinajstić information content (AvgIpc) is 2.37. The second kappa shape index (κ2) is 4.49. The molecule has 0 amide bonds. The van der Waals surface area contributed by atoms with Gasteiger partial charge in [-0.25, -0.2) is 0 Å². The maximum absolute atomic E-state index is 11.4. The Bertz CT molecular complexity index is 230. The molecule has 0 spiro atoms. The fourth-order valence-electron chi connectivity index (χ4n) is 2.34. The van der Waals surface area contributed by atoms with E-state index in [1.807, 2.05) is 0 Å². The summed E-state index contributed by atoms with van der Waals surface area (Å²) in [6.45, 7) is 1.74. The van der Waals surface area contributed by atoms with Crippen LogP contribution >= 0.6 is 0 Å². The van der Waals surface area contributed by atoms with E-state index in [-0.39, 0.29) is 0 Å². The van der Waals surface area contributed by atoms with Crippen LogP contribution in [0.2, 0.25) is 0 Å². The molecule has 0 radical (unpaired) electrons. The summed E-state index contributed by atoms with van der Waals surface area (Å²) < 4.78 is 5.40. The molecule has 4 heteroatoms. The van der Waals surface area contributed by atoms with Gasteiger partial charge in [0.25, 0.3) is 0 Å². The molecule has 2 aliphatic rings. The standard InChI is InChI=1S/C11H19NO3/c13-10(14)11(7-9-3-1-4-9)8-15-6-2-5-12-11/h9,12H,1-8H2,(H,13,14). The fourth-order valence-corrected chi connectivity index (χ4v) is 2.34. The summed E-state index contributed by atoms with van der Waals surface area (Å²) in [7, 11) is 0. The number of carboxylic acids is 1. The molecule has 1 atom stereocenters. The highest BCUT2D eigenvalue weighted by atomic mass is 16.5. The number of rotatable bonds is 3. The van der Waals surface area contributed by atoms with Crippen LogP contribution in [0.5, 0.6) is 0 Å². The highest BCUT2D eigenvalue weighted by Gasteiger charge is 2.42. The first-order valence-corrected chi connectivity index (χ1v) is 5.79. The Morgan fingerprint density at radius 2 is 2.27 bits per heavy atom. The number of ether oxygens (including phenoxy) is 1. The Hall–Kier alpha value is -0.610. The van der Waals surface area contributed by atoms with Gasteiger partial charge in [-0.05, 0) is 25.3 Å². The molecule has 1 saturated carbocycles. The van der Waals surface area contributed by atoms with E-state index in [1.165, 1.54) is 19.3 Å². The van der Waals surface area contributed by atoms with Crippen molar-refractivity contribution in [1.82, 2.24) is 5.32 Å². The van der Waals surface area contributed by atoms with Gasteiger partial charge in [-0.2, -0.15) is 0 Å². The van der Waals surface area contributed by atoms with Crippen molar-refractivity contribution in [2.24, 2.45) is 5.92 Å². The van der Waals surface area contributed by atoms with Crippen LogP contribution in [0.25, 0.3) is 0 Å². The lowest BCUT2D eigenvalue weighted by molar-refractivity contribution is -0.148. The first-order valence-electron chi connectivity index (χ1n) is 5.79. The predicted octanol–water partition coefficient (Wildman–Crippen LogP) is 1.01. The van der Waals surface area contributed by atoms with Gasteiger partial charge in [0.2, 0.25) is 0 Å². The van der Waals surface area contributed by atoms with Crippen LogP contribution in [0.1, 0.15) is 32.1 Å². The van der Waals surface area contributed by atoms with Gasteiger partial charge in [0.1, 0.15) is 5.54 Å². The third kappa shape index (κ3) is 2.32. The van der Waals surface area contributed by atoms with E-state index >= 15 is 0 Å². The molecule has 2 rings (SSSR count). The zero-order valence-corrected chi connectivity index (χ0v) is 9.00. The van der Waals surface area contributed by atoms with Gasteiger partial charge in [0.15, 0.2) is 0 Å². The van der Waals surface area contributed by atoms with Crippen molar-refractivity contribution in [2.45, 2.75) is 37.6 Å². The van der Waals surface area contributed by atoms with Crippen LogP contribution in [0, 0.1) is 5.92 Å². The summed E-state index contributed by atoms with van der Waals surface area (Å²) in [6, 6.07) is 0. The van der Waals surface area contributed by atoms with Gasteiger partial charge >= 0.3 is 5.97 Å². The van der Waals surface area contributed by atoms with Gasteiger partial charge in [-0.15, -0.1) is 0 Å².